The number of hydrogen-bond donors (Lipinski definition) is 4. The van der Waals surface area contributed by atoms with Crippen molar-refractivity contribution in [3.63, 3.8) is 0 Å². The third-order valence-electron chi connectivity index (χ3n) is 4.80. The molecule has 2 unspecified atom stereocenters. The molecule has 0 fully saturated rings. The Kier molecular flexibility index (Phi) is 7.95. The molecule has 2 rings (SSSR count). The van der Waals surface area contributed by atoms with Gasteiger partial charge in [-0.3, -0.25) is 9.59 Å². The van der Waals surface area contributed by atoms with Gasteiger partial charge in [-0.15, -0.1) is 0 Å². The van der Waals surface area contributed by atoms with Crippen molar-refractivity contribution in [1.82, 2.24) is 4.90 Å². The summed E-state index contributed by atoms with van der Waals surface area (Å²) >= 11 is 0. The molecule has 0 aliphatic carbocycles. The topological polar surface area (TPSA) is 145 Å². The molecule has 0 aliphatic heterocycles. The predicted molar refractivity (Wildman–Crippen MR) is 112 cm³/mol. The number of carboxylic acids is 2. The van der Waals surface area contributed by atoms with E-state index in [0.717, 1.165) is 10.8 Å². The molecule has 0 bridgehead atoms. The average Bonchev–Trinajstić information content (AvgIpc) is 2.69. The minimum atomic E-state index is -2.73. The molecule has 9 heteroatoms. The predicted octanol–water partition coefficient (Wildman–Crippen LogP) is 1.50. The molecule has 9 nitrogen and oxygen atoms in total. The van der Waals surface area contributed by atoms with E-state index in [1.54, 1.807) is 19.9 Å². The fraction of sp³-hybridized carbons (Fsp3) is 0.409. The van der Waals surface area contributed by atoms with Crippen molar-refractivity contribution in [3.05, 3.63) is 42.5 Å². The summed E-state index contributed by atoms with van der Waals surface area (Å²) in [5.41, 5.74) is -2.73. The molecule has 0 spiro atoms. The molecule has 0 saturated carbocycles. The van der Waals surface area contributed by atoms with E-state index >= 15 is 0 Å². The zero-order valence-electron chi connectivity index (χ0n) is 17.4. The van der Waals surface area contributed by atoms with E-state index in [4.69, 9.17) is 14.9 Å². The second-order valence-corrected chi connectivity index (χ2v) is 7.70. The van der Waals surface area contributed by atoms with Crippen LogP contribution >= 0.6 is 0 Å². The molecule has 31 heavy (non-hydrogen) atoms. The summed E-state index contributed by atoms with van der Waals surface area (Å²) in [5.74, 6) is -3.59. The smallest absolute Gasteiger partial charge is 0.336 e. The Bertz CT molecular complexity index is 944. The van der Waals surface area contributed by atoms with Gasteiger partial charge in [-0.1, -0.05) is 30.3 Å². The van der Waals surface area contributed by atoms with Crippen molar-refractivity contribution in [2.24, 2.45) is 0 Å². The van der Waals surface area contributed by atoms with Crippen LogP contribution in [0.4, 0.5) is 0 Å². The van der Waals surface area contributed by atoms with Crippen LogP contribution in [0.15, 0.2) is 42.5 Å². The number of carboxylic acid groups (broad SMARTS) is 2. The Labute approximate surface area is 179 Å². The van der Waals surface area contributed by atoms with E-state index in [1.165, 1.54) is 4.90 Å². The molecule has 4 N–H and O–H groups in total. The number of carbonyl (C=O) groups excluding carboxylic acids is 1. The second kappa shape index (κ2) is 10.2. The van der Waals surface area contributed by atoms with Gasteiger partial charge in [0.05, 0.1) is 19.4 Å². The van der Waals surface area contributed by atoms with Gasteiger partial charge >= 0.3 is 11.9 Å². The van der Waals surface area contributed by atoms with E-state index in [9.17, 15) is 24.6 Å². The zero-order chi connectivity index (χ0) is 23.2. The van der Waals surface area contributed by atoms with E-state index in [0.29, 0.717) is 5.75 Å². The molecule has 2 aromatic rings. The number of rotatable bonds is 11. The normalized spacial score (nSPS) is 14.1. The lowest BCUT2D eigenvalue weighted by Gasteiger charge is -2.31. The Morgan fingerprint density at radius 1 is 1.03 bits per heavy atom. The van der Waals surface area contributed by atoms with Crippen LogP contribution in [0.1, 0.15) is 26.7 Å². The van der Waals surface area contributed by atoms with E-state index in [2.05, 4.69) is 0 Å². The number of aliphatic carboxylic acids is 2. The Balaban J connectivity index is 2.01. The molecule has 0 aliphatic rings. The number of carbonyl (C=O) groups is 3. The first-order chi connectivity index (χ1) is 14.5. The molecule has 1 amide bonds. The lowest BCUT2D eigenvalue weighted by Crippen LogP contribution is -2.49. The van der Waals surface area contributed by atoms with Crippen LogP contribution in [0.25, 0.3) is 10.8 Å². The van der Waals surface area contributed by atoms with Crippen molar-refractivity contribution >= 4 is 28.6 Å². The summed E-state index contributed by atoms with van der Waals surface area (Å²) in [6, 6.07) is 12.8. The van der Waals surface area contributed by atoms with Gasteiger partial charge in [0.15, 0.2) is 5.60 Å². The summed E-state index contributed by atoms with van der Waals surface area (Å²) in [6.07, 6.45) is -3.13. The SMILES string of the molecule is CC(C)N(CC(O)COc1ccc2ccccc2c1)C(=O)CC(O)(CC(=O)O)C(=O)O. The van der Waals surface area contributed by atoms with Crippen LogP contribution < -0.4 is 4.74 Å². The molecule has 2 aromatic carbocycles. The maximum Gasteiger partial charge on any atom is 0.336 e. The molecular weight excluding hydrogens is 406 g/mol. The van der Waals surface area contributed by atoms with Crippen molar-refractivity contribution in [3.8, 4) is 5.75 Å². The van der Waals surface area contributed by atoms with Crippen molar-refractivity contribution in [1.29, 1.82) is 0 Å². The van der Waals surface area contributed by atoms with Crippen LogP contribution in [-0.2, 0) is 14.4 Å². The summed E-state index contributed by atoms with van der Waals surface area (Å²) < 4.78 is 5.62. The van der Waals surface area contributed by atoms with Gasteiger partial charge < -0.3 is 30.1 Å². The number of amides is 1. The molecular formula is C22H27NO8. The Hall–Kier alpha value is -3.17. The van der Waals surface area contributed by atoms with E-state index < -0.39 is 48.4 Å². The maximum absolute atomic E-state index is 12.6. The molecule has 2 atom stereocenters. The van der Waals surface area contributed by atoms with Crippen molar-refractivity contribution in [2.75, 3.05) is 13.2 Å². The highest BCUT2D eigenvalue weighted by atomic mass is 16.5. The highest BCUT2D eigenvalue weighted by Crippen LogP contribution is 2.21. The molecule has 0 radical (unpaired) electrons. The van der Waals surface area contributed by atoms with Gasteiger partial charge in [0.1, 0.15) is 18.5 Å². The van der Waals surface area contributed by atoms with Gasteiger partial charge in [-0.2, -0.15) is 0 Å². The monoisotopic (exact) mass is 433 g/mol. The lowest BCUT2D eigenvalue weighted by molar-refractivity contribution is -0.169. The third kappa shape index (κ3) is 6.66. The quantitative estimate of drug-likeness (QED) is 0.417. The molecule has 168 valence electrons. The first-order valence-corrected chi connectivity index (χ1v) is 9.78. The van der Waals surface area contributed by atoms with Gasteiger partial charge in [-0.25, -0.2) is 4.79 Å². The molecule has 0 heterocycles. The van der Waals surface area contributed by atoms with Gasteiger partial charge in [0.2, 0.25) is 5.91 Å². The summed E-state index contributed by atoms with van der Waals surface area (Å²) in [6.45, 7) is 3.03. The van der Waals surface area contributed by atoms with E-state index in [1.807, 2.05) is 36.4 Å². The number of hydrogen-bond acceptors (Lipinski definition) is 6. The van der Waals surface area contributed by atoms with Crippen LogP contribution in [0.3, 0.4) is 0 Å². The summed E-state index contributed by atoms with van der Waals surface area (Å²) in [7, 11) is 0. The standard InChI is InChI=1S/C22H27NO8/c1-14(2)23(19(25)10-22(30,21(28)29)11-20(26)27)12-17(24)13-31-18-8-7-15-5-3-4-6-16(15)9-18/h3-9,14,17,24,30H,10-13H2,1-2H3,(H,26,27)(H,28,29). The molecule has 0 aromatic heterocycles. The van der Waals surface area contributed by atoms with Crippen molar-refractivity contribution in [2.45, 2.75) is 44.4 Å². The zero-order valence-corrected chi connectivity index (χ0v) is 17.4. The van der Waals surface area contributed by atoms with Crippen LogP contribution in [0, 0.1) is 0 Å². The summed E-state index contributed by atoms with van der Waals surface area (Å²) in [5, 5.41) is 40.5. The number of nitrogens with zero attached hydrogens (tertiary/aromatic N) is 1. The number of benzene rings is 2. The number of ether oxygens (including phenoxy) is 1. The lowest BCUT2D eigenvalue weighted by atomic mass is 9.94. The fourth-order valence-electron chi connectivity index (χ4n) is 3.15. The Morgan fingerprint density at radius 2 is 1.68 bits per heavy atom. The number of aliphatic hydroxyl groups excluding tert-OH is 1. The van der Waals surface area contributed by atoms with Crippen LogP contribution in [-0.4, -0.2) is 74.1 Å². The number of fused-ring (bicyclic) bond motifs is 1. The van der Waals surface area contributed by atoms with Crippen LogP contribution in [0.2, 0.25) is 0 Å². The minimum Gasteiger partial charge on any atom is -0.491 e. The second-order valence-electron chi connectivity index (χ2n) is 7.70. The van der Waals surface area contributed by atoms with Crippen molar-refractivity contribution < 1.29 is 39.5 Å². The number of aliphatic hydroxyl groups is 2. The highest BCUT2D eigenvalue weighted by Gasteiger charge is 2.42. The largest absolute Gasteiger partial charge is 0.491 e. The Morgan fingerprint density at radius 3 is 2.26 bits per heavy atom. The first-order valence-electron chi connectivity index (χ1n) is 9.78. The van der Waals surface area contributed by atoms with Crippen LogP contribution in [0.5, 0.6) is 5.75 Å². The minimum absolute atomic E-state index is 0.118. The summed E-state index contributed by atoms with van der Waals surface area (Å²) in [4.78, 5) is 36.0. The van der Waals surface area contributed by atoms with E-state index in [-0.39, 0.29) is 13.2 Å². The van der Waals surface area contributed by atoms with Gasteiger partial charge in [0.25, 0.3) is 0 Å². The molecule has 0 saturated heterocycles. The van der Waals surface area contributed by atoms with Gasteiger partial charge in [0, 0.05) is 6.04 Å². The fourth-order valence-corrected chi connectivity index (χ4v) is 3.15. The maximum atomic E-state index is 12.6. The average molecular weight is 433 g/mol. The third-order valence-corrected chi connectivity index (χ3v) is 4.80. The van der Waals surface area contributed by atoms with Gasteiger partial charge in [-0.05, 0) is 36.8 Å². The highest BCUT2D eigenvalue weighted by molar-refractivity contribution is 5.90. The first kappa shape index (κ1) is 24.1.